The Labute approximate surface area is 277 Å². The zero-order chi connectivity index (χ0) is 35.2. The lowest BCUT2D eigenvalue weighted by Crippen LogP contribution is -2.46. The number of nitrogens with zero attached hydrogens (tertiary/aromatic N) is 1. The van der Waals surface area contributed by atoms with Gasteiger partial charge in [0.25, 0.3) is 0 Å². The molecular formula is C35H51F4NO5SSi. The summed E-state index contributed by atoms with van der Waals surface area (Å²) in [7, 11) is -10.7. The molecule has 0 N–H and O–H groups in total. The minimum Gasteiger partial charge on any atom is -0.455 e. The average molecular weight is 702 g/mol. The summed E-state index contributed by atoms with van der Waals surface area (Å²) in [5.74, 6) is -0.514. The van der Waals surface area contributed by atoms with Gasteiger partial charge in [0.1, 0.15) is 12.2 Å². The van der Waals surface area contributed by atoms with Crippen LogP contribution < -0.4 is 0 Å². The smallest absolute Gasteiger partial charge is 0.303 e. The first-order valence-electron chi connectivity index (χ1n) is 16.5. The minimum absolute atomic E-state index is 0.0959. The number of carbonyl (C=O) groups is 1. The third kappa shape index (κ3) is 6.66. The Hall–Kier alpha value is -1.99. The van der Waals surface area contributed by atoms with Crippen molar-refractivity contribution in [2.75, 3.05) is 19.5 Å². The first-order chi connectivity index (χ1) is 21.2. The maximum absolute atomic E-state index is 14.4. The molecule has 0 bridgehead atoms. The van der Waals surface area contributed by atoms with E-state index in [1.807, 2.05) is 13.8 Å². The van der Waals surface area contributed by atoms with Crippen molar-refractivity contribution in [1.82, 2.24) is 4.98 Å². The topological polar surface area (TPSA) is 66.9 Å². The van der Waals surface area contributed by atoms with Gasteiger partial charge in [-0.1, -0.05) is 60.6 Å². The number of esters is 1. The van der Waals surface area contributed by atoms with Gasteiger partial charge in [0.05, 0.1) is 28.6 Å². The van der Waals surface area contributed by atoms with Crippen molar-refractivity contribution in [3.8, 4) is 0 Å². The third-order valence-electron chi connectivity index (χ3n) is 10.5. The highest BCUT2D eigenvalue weighted by molar-refractivity contribution is 8.49. The third-order valence-corrected chi connectivity index (χ3v) is 16.5. The molecule has 3 atom stereocenters. The molecule has 0 amide bonds. The van der Waals surface area contributed by atoms with E-state index < -0.39 is 52.2 Å². The SMILES string of the molecule is CC(=O)OC1c2nc(C(C)C)c3c(c2C(O[Si](C)(C)C(C)(C)C)CC1(C)C)C1(CCOCC1)OC3c1ccc(S(C)(F)(F)(F)F)cc1. The van der Waals surface area contributed by atoms with Crippen LogP contribution in [0.4, 0.5) is 15.5 Å². The average Bonchev–Trinajstić information content (AvgIpc) is 3.22. The maximum atomic E-state index is 14.4. The van der Waals surface area contributed by atoms with Gasteiger partial charge in [-0.2, -0.15) is 0 Å². The molecule has 2 aromatic rings. The highest BCUT2D eigenvalue weighted by Crippen LogP contribution is 2.98. The summed E-state index contributed by atoms with van der Waals surface area (Å²) in [4.78, 5) is 16.6. The van der Waals surface area contributed by atoms with Crippen LogP contribution in [0.1, 0.15) is 133 Å². The molecule has 1 fully saturated rings. The van der Waals surface area contributed by atoms with Gasteiger partial charge in [-0.05, 0) is 53.7 Å². The monoisotopic (exact) mass is 701 g/mol. The molecule has 264 valence electrons. The van der Waals surface area contributed by atoms with Crippen LogP contribution in [0.25, 0.3) is 0 Å². The van der Waals surface area contributed by atoms with E-state index >= 15 is 0 Å². The first-order valence-corrected chi connectivity index (χ1v) is 21.8. The second-order valence-corrected chi connectivity index (χ2v) is 24.6. The Kier molecular flexibility index (Phi) is 8.30. The van der Waals surface area contributed by atoms with Crippen molar-refractivity contribution in [3.05, 3.63) is 57.9 Å². The molecule has 1 aromatic carbocycles. The molecule has 0 radical (unpaired) electrons. The highest BCUT2D eigenvalue weighted by Gasteiger charge is 2.60. The first kappa shape index (κ1) is 36.3. The number of pyridine rings is 1. The Balaban J connectivity index is 1.83. The summed E-state index contributed by atoms with van der Waals surface area (Å²) in [6.07, 6.45) is -0.441. The van der Waals surface area contributed by atoms with Crippen LogP contribution >= 0.6 is 9.84 Å². The predicted octanol–water partition coefficient (Wildman–Crippen LogP) is 10.8. The molecule has 1 saturated heterocycles. The van der Waals surface area contributed by atoms with Gasteiger partial charge in [0.15, 0.2) is 18.2 Å². The molecule has 47 heavy (non-hydrogen) atoms. The van der Waals surface area contributed by atoms with Crippen LogP contribution in [0.3, 0.4) is 0 Å². The number of rotatable bonds is 6. The fourth-order valence-electron chi connectivity index (χ4n) is 7.08. The molecule has 2 aliphatic heterocycles. The number of halogens is 4. The lowest BCUT2D eigenvalue weighted by molar-refractivity contribution is -0.156. The largest absolute Gasteiger partial charge is 0.455 e. The molecule has 0 saturated carbocycles. The van der Waals surface area contributed by atoms with E-state index in [9.17, 15) is 20.3 Å². The summed E-state index contributed by atoms with van der Waals surface area (Å²) < 4.78 is 83.6. The number of aromatic nitrogens is 1. The lowest BCUT2D eigenvalue weighted by atomic mass is 9.68. The van der Waals surface area contributed by atoms with E-state index in [0.29, 0.717) is 43.7 Å². The molecule has 3 aliphatic rings. The van der Waals surface area contributed by atoms with E-state index in [-0.39, 0.29) is 23.3 Å². The van der Waals surface area contributed by atoms with Crippen LogP contribution in [-0.4, -0.2) is 38.7 Å². The zero-order valence-corrected chi connectivity index (χ0v) is 31.4. The van der Waals surface area contributed by atoms with Gasteiger partial charge in [-0.25, -0.2) is 0 Å². The van der Waals surface area contributed by atoms with Crippen molar-refractivity contribution in [2.45, 2.75) is 128 Å². The summed E-state index contributed by atoms with van der Waals surface area (Å²) >= 11 is 0. The number of hydrogen-bond donors (Lipinski definition) is 0. The standard InChI is InChI=1S/C35H51F4NO5SSi/c1-21(2)29-27-28(26-25(45-47(10,11)33(4,5)6)20-34(7,8)32(30(26)40-29)43-22(3)41)35(16-18-42-19-17-35)44-31(27)23-12-14-24(15-13-23)46(9,36,37,38)39/h12-15,21,25,31-32H,16-20H2,1-11H3. The van der Waals surface area contributed by atoms with Gasteiger partial charge < -0.3 is 18.6 Å². The molecule has 1 aliphatic carbocycles. The van der Waals surface area contributed by atoms with Gasteiger partial charge in [0, 0.05) is 55.2 Å². The predicted molar refractivity (Wildman–Crippen MR) is 180 cm³/mol. The zero-order valence-electron chi connectivity index (χ0n) is 29.6. The normalized spacial score (nSPS) is 25.6. The molecule has 1 spiro atoms. The fraction of sp³-hybridized carbons (Fsp3) is 0.657. The summed E-state index contributed by atoms with van der Waals surface area (Å²) in [6, 6.07) is 4.28. The second kappa shape index (κ2) is 10.8. The maximum Gasteiger partial charge on any atom is 0.303 e. The van der Waals surface area contributed by atoms with E-state index in [0.717, 1.165) is 34.5 Å². The number of carbonyl (C=O) groups excluding carboxylic acids is 1. The second-order valence-electron chi connectivity index (χ2n) is 16.4. The minimum atomic E-state index is -8.38. The van der Waals surface area contributed by atoms with Gasteiger partial charge in [0.2, 0.25) is 0 Å². The summed E-state index contributed by atoms with van der Waals surface area (Å²) in [5.41, 5.74) is 3.11. The van der Waals surface area contributed by atoms with E-state index in [1.54, 1.807) is 0 Å². The van der Waals surface area contributed by atoms with Crippen LogP contribution in [0.2, 0.25) is 18.1 Å². The molecule has 12 heteroatoms. The Bertz CT molecular complexity index is 1560. The number of hydrogen-bond acceptors (Lipinski definition) is 6. The quantitative estimate of drug-likeness (QED) is 0.170. The molecular weight excluding hydrogens is 651 g/mol. The van der Waals surface area contributed by atoms with Gasteiger partial charge in [-0.3, -0.25) is 9.78 Å². The number of benzene rings is 1. The molecule has 3 unspecified atom stereocenters. The molecule has 1 aromatic heterocycles. The highest BCUT2D eigenvalue weighted by atomic mass is 32.5. The number of ether oxygens (including phenoxy) is 3. The van der Waals surface area contributed by atoms with Crippen molar-refractivity contribution in [3.63, 3.8) is 0 Å². The fourth-order valence-corrected chi connectivity index (χ4v) is 9.16. The van der Waals surface area contributed by atoms with Gasteiger partial charge in [-0.15, -0.1) is 15.5 Å². The van der Waals surface area contributed by atoms with E-state index in [4.69, 9.17) is 23.6 Å². The van der Waals surface area contributed by atoms with Crippen molar-refractivity contribution in [2.24, 2.45) is 5.41 Å². The van der Waals surface area contributed by atoms with Crippen molar-refractivity contribution < 1.29 is 39.0 Å². The van der Waals surface area contributed by atoms with E-state index in [2.05, 4.69) is 47.7 Å². The van der Waals surface area contributed by atoms with E-state index in [1.165, 1.54) is 19.1 Å². The van der Waals surface area contributed by atoms with Crippen molar-refractivity contribution in [1.29, 1.82) is 0 Å². The van der Waals surface area contributed by atoms with Crippen molar-refractivity contribution >= 4 is 24.1 Å². The van der Waals surface area contributed by atoms with Crippen LogP contribution in [0.5, 0.6) is 0 Å². The Morgan fingerprint density at radius 3 is 2.11 bits per heavy atom. The molecule has 5 rings (SSSR count). The lowest BCUT2D eigenvalue weighted by Gasteiger charge is -2.48. The molecule has 6 nitrogen and oxygen atoms in total. The van der Waals surface area contributed by atoms with Crippen LogP contribution in [0, 0.1) is 5.41 Å². The Morgan fingerprint density at radius 1 is 1.04 bits per heavy atom. The van der Waals surface area contributed by atoms with Crippen LogP contribution in [0.15, 0.2) is 29.2 Å². The summed E-state index contributed by atoms with van der Waals surface area (Å²) in [6.45, 7) is 21.4. The number of fused-ring (bicyclic) bond motifs is 4. The summed E-state index contributed by atoms with van der Waals surface area (Å²) in [5, 5.41) is -0.0959. The van der Waals surface area contributed by atoms with Gasteiger partial charge >= 0.3 is 5.97 Å². The Morgan fingerprint density at radius 2 is 1.62 bits per heavy atom. The molecule has 3 heterocycles. The van der Waals surface area contributed by atoms with Crippen LogP contribution in [-0.2, 0) is 29.0 Å².